The molecule has 1 aromatic carbocycles. The molecule has 0 radical (unpaired) electrons. The Morgan fingerprint density at radius 1 is 1.45 bits per heavy atom. The lowest BCUT2D eigenvalue weighted by molar-refractivity contribution is 0.0695. The number of carbonyl (C=O) groups is 1. The van der Waals surface area contributed by atoms with E-state index >= 15 is 0 Å². The maximum atomic E-state index is 11.2. The van der Waals surface area contributed by atoms with Crippen molar-refractivity contribution in [1.82, 2.24) is 9.88 Å². The summed E-state index contributed by atoms with van der Waals surface area (Å²) in [6, 6.07) is 7.48. The lowest BCUT2D eigenvalue weighted by atomic mass is 10.0. The number of likely N-dealkylation sites (N-methyl/N-ethyl adjacent to an activating group) is 1. The smallest absolute Gasteiger partial charge is 0.335 e. The van der Waals surface area contributed by atoms with Crippen molar-refractivity contribution in [3.05, 3.63) is 52.0 Å². The average molecular weight is 290 g/mol. The largest absolute Gasteiger partial charge is 0.478 e. The second kappa shape index (κ2) is 6.63. The lowest BCUT2D eigenvalue weighted by Gasteiger charge is -2.23. The minimum absolute atomic E-state index is 0.291. The Morgan fingerprint density at radius 2 is 2.20 bits per heavy atom. The third-order valence-electron chi connectivity index (χ3n) is 3.51. The van der Waals surface area contributed by atoms with Crippen molar-refractivity contribution in [3.63, 3.8) is 0 Å². The molecule has 0 aliphatic rings. The highest BCUT2D eigenvalue weighted by atomic mass is 32.1. The quantitative estimate of drug-likeness (QED) is 0.888. The lowest BCUT2D eigenvalue weighted by Crippen LogP contribution is -2.24. The van der Waals surface area contributed by atoms with Crippen LogP contribution in [0.25, 0.3) is 0 Å². The van der Waals surface area contributed by atoms with Crippen molar-refractivity contribution < 1.29 is 9.90 Å². The van der Waals surface area contributed by atoms with Gasteiger partial charge in [0.15, 0.2) is 0 Å². The number of benzene rings is 1. The molecule has 5 heteroatoms. The predicted octanol–water partition coefficient (Wildman–Crippen LogP) is 3.08. The second-order valence-electron chi connectivity index (χ2n) is 4.77. The molecule has 2 aromatic rings. The van der Waals surface area contributed by atoms with Gasteiger partial charge in [0, 0.05) is 23.7 Å². The summed E-state index contributed by atoms with van der Waals surface area (Å²) in [6.45, 7) is 2.94. The third kappa shape index (κ3) is 3.43. The molecule has 1 N–H and O–H groups in total. The fraction of sp³-hybridized carbons (Fsp3) is 0.333. The Kier molecular flexibility index (Phi) is 4.87. The van der Waals surface area contributed by atoms with Crippen molar-refractivity contribution >= 4 is 17.3 Å². The van der Waals surface area contributed by atoms with Crippen LogP contribution in [-0.2, 0) is 6.42 Å². The van der Waals surface area contributed by atoms with Crippen LogP contribution in [0.1, 0.15) is 33.8 Å². The molecule has 0 spiro atoms. The molecular weight excluding hydrogens is 272 g/mol. The molecule has 0 aliphatic heterocycles. The van der Waals surface area contributed by atoms with Crippen LogP contribution in [0, 0.1) is 0 Å². The summed E-state index contributed by atoms with van der Waals surface area (Å²) in [7, 11) is 2.05. The molecule has 4 nitrogen and oxygen atoms in total. The first-order chi connectivity index (χ1) is 9.59. The van der Waals surface area contributed by atoms with Crippen molar-refractivity contribution in [2.45, 2.75) is 19.4 Å². The van der Waals surface area contributed by atoms with Gasteiger partial charge in [-0.2, -0.15) is 0 Å². The van der Waals surface area contributed by atoms with Gasteiger partial charge in [-0.1, -0.05) is 18.2 Å². The van der Waals surface area contributed by atoms with E-state index in [9.17, 15) is 9.90 Å². The van der Waals surface area contributed by atoms with Crippen LogP contribution in [0.5, 0.6) is 0 Å². The van der Waals surface area contributed by atoms with Crippen molar-refractivity contribution in [3.8, 4) is 0 Å². The number of carboxylic acids is 1. The summed E-state index contributed by atoms with van der Waals surface area (Å²) in [4.78, 5) is 18.7. The summed E-state index contributed by atoms with van der Waals surface area (Å²) in [5.74, 6) is -0.862. The fourth-order valence-electron chi connectivity index (χ4n) is 2.09. The number of rotatable bonds is 6. The van der Waals surface area contributed by atoms with Crippen molar-refractivity contribution in [2.75, 3.05) is 13.6 Å². The Balaban J connectivity index is 2.00. The minimum atomic E-state index is -0.862. The molecule has 0 aliphatic carbocycles. The van der Waals surface area contributed by atoms with Crippen LogP contribution in [-0.4, -0.2) is 34.6 Å². The topological polar surface area (TPSA) is 53.4 Å². The first-order valence-corrected chi connectivity index (χ1v) is 7.37. The van der Waals surface area contributed by atoms with E-state index in [0.717, 1.165) is 18.5 Å². The van der Waals surface area contributed by atoms with E-state index in [1.165, 1.54) is 4.88 Å². The van der Waals surface area contributed by atoms with Gasteiger partial charge in [-0.05, 0) is 32.0 Å². The molecule has 2 rings (SSSR count). The number of hydrogen-bond acceptors (Lipinski definition) is 4. The number of thiazole rings is 1. The summed E-state index contributed by atoms with van der Waals surface area (Å²) in [6.07, 6.45) is 2.61. The molecule has 1 atom stereocenters. The molecule has 106 valence electrons. The van der Waals surface area contributed by atoms with Gasteiger partial charge in [-0.15, -0.1) is 11.3 Å². The maximum absolute atomic E-state index is 11.2. The van der Waals surface area contributed by atoms with Gasteiger partial charge in [-0.3, -0.25) is 9.88 Å². The zero-order chi connectivity index (χ0) is 14.5. The maximum Gasteiger partial charge on any atom is 0.335 e. The van der Waals surface area contributed by atoms with Crippen LogP contribution >= 0.6 is 11.3 Å². The van der Waals surface area contributed by atoms with Gasteiger partial charge in [0.25, 0.3) is 0 Å². The molecular formula is C15H18N2O2S. The number of nitrogens with zero attached hydrogens (tertiary/aromatic N) is 2. The molecule has 20 heavy (non-hydrogen) atoms. The molecule has 1 unspecified atom stereocenters. The van der Waals surface area contributed by atoms with E-state index in [2.05, 4.69) is 16.8 Å². The Bertz CT molecular complexity index is 569. The summed E-state index contributed by atoms with van der Waals surface area (Å²) >= 11 is 1.64. The van der Waals surface area contributed by atoms with E-state index < -0.39 is 5.97 Å². The van der Waals surface area contributed by atoms with Gasteiger partial charge in [0.05, 0.1) is 11.1 Å². The van der Waals surface area contributed by atoms with E-state index in [0.29, 0.717) is 11.6 Å². The van der Waals surface area contributed by atoms with E-state index in [4.69, 9.17) is 0 Å². The van der Waals surface area contributed by atoms with Gasteiger partial charge < -0.3 is 5.11 Å². The van der Waals surface area contributed by atoms with Crippen LogP contribution in [0.2, 0.25) is 0 Å². The summed E-state index contributed by atoms with van der Waals surface area (Å²) < 4.78 is 0. The third-order valence-corrected chi connectivity index (χ3v) is 4.45. The molecule has 1 aromatic heterocycles. The normalized spacial score (nSPS) is 12.6. The first kappa shape index (κ1) is 14.7. The van der Waals surface area contributed by atoms with Gasteiger partial charge in [0.1, 0.15) is 0 Å². The average Bonchev–Trinajstić information content (AvgIpc) is 2.98. The zero-order valence-corrected chi connectivity index (χ0v) is 12.4. The Hall–Kier alpha value is -1.72. The number of carboxylic acid groups (broad SMARTS) is 1. The highest BCUT2D eigenvalue weighted by Crippen LogP contribution is 2.22. The predicted molar refractivity (Wildman–Crippen MR) is 80.3 cm³/mol. The van der Waals surface area contributed by atoms with Gasteiger partial charge >= 0.3 is 5.97 Å². The van der Waals surface area contributed by atoms with Crippen LogP contribution in [0.15, 0.2) is 36.0 Å². The van der Waals surface area contributed by atoms with Crippen LogP contribution < -0.4 is 0 Å². The van der Waals surface area contributed by atoms with Crippen molar-refractivity contribution in [2.24, 2.45) is 0 Å². The highest BCUT2D eigenvalue weighted by Gasteiger charge is 2.14. The molecule has 0 fully saturated rings. The van der Waals surface area contributed by atoms with E-state index in [1.807, 2.05) is 30.9 Å². The number of aromatic nitrogens is 1. The van der Waals surface area contributed by atoms with Gasteiger partial charge in [-0.25, -0.2) is 4.79 Å². The first-order valence-electron chi connectivity index (χ1n) is 6.49. The molecule has 0 bridgehead atoms. The molecule has 0 saturated carbocycles. The van der Waals surface area contributed by atoms with Crippen LogP contribution in [0.4, 0.5) is 0 Å². The Morgan fingerprint density at radius 3 is 2.85 bits per heavy atom. The van der Waals surface area contributed by atoms with E-state index in [-0.39, 0.29) is 0 Å². The van der Waals surface area contributed by atoms with Gasteiger partial charge in [0.2, 0.25) is 0 Å². The second-order valence-corrected chi connectivity index (χ2v) is 5.69. The zero-order valence-electron chi connectivity index (χ0n) is 11.6. The molecule has 0 amide bonds. The molecule has 0 saturated heterocycles. The highest BCUT2D eigenvalue weighted by molar-refractivity contribution is 7.09. The summed E-state index contributed by atoms with van der Waals surface area (Å²) in [5.41, 5.74) is 3.11. The Labute approximate surface area is 122 Å². The van der Waals surface area contributed by atoms with Crippen LogP contribution in [0.3, 0.4) is 0 Å². The summed E-state index contributed by atoms with van der Waals surface area (Å²) in [5, 5.41) is 9.17. The van der Waals surface area contributed by atoms with E-state index in [1.54, 1.807) is 23.5 Å². The SMILES string of the molecule is CC(c1cncs1)N(C)CCc1ccccc1C(=O)O. The molecule has 1 heterocycles. The standard InChI is InChI=1S/C15H18N2O2S/c1-11(14-9-16-10-20-14)17(2)8-7-12-5-3-4-6-13(12)15(18)19/h3-6,9-11H,7-8H2,1-2H3,(H,18,19). The fourth-order valence-corrected chi connectivity index (χ4v) is 2.83. The monoisotopic (exact) mass is 290 g/mol. The number of aromatic carboxylic acids is 1. The number of hydrogen-bond donors (Lipinski definition) is 1. The van der Waals surface area contributed by atoms with Crippen molar-refractivity contribution in [1.29, 1.82) is 0 Å². The minimum Gasteiger partial charge on any atom is -0.478 e.